The van der Waals surface area contributed by atoms with Crippen molar-refractivity contribution in [1.29, 1.82) is 0 Å². The average Bonchev–Trinajstić information content (AvgIpc) is 3.12. The molecule has 0 aliphatic carbocycles. The van der Waals surface area contributed by atoms with Gasteiger partial charge in [-0.2, -0.15) is 0 Å². The number of ether oxygens (including phenoxy) is 2. The molecule has 0 spiro atoms. The van der Waals surface area contributed by atoms with Gasteiger partial charge in [0.05, 0.1) is 18.2 Å². The van der Waals surface area contributed by atoms with E-state index in [0.717, 1.165) is 25.9 Å². The molecule has 0 radical (unpaired) electrons. The lowest BCUT2D eigenvalue weighted by Gasteiger charge is -2.33. The summed E-state index contributed by atoms with van der Waals surface area (Å²) in [4.78, 5) is 28.7. The molecule has 6 heteroatoms. The Hall–Kier alpha value is -2.08. The molecular formula is C17H20N2O4. The lowest BCUT2D eigenvalue weighted by atomic mass is 9.97. The number of amides is 2. The number of piperidine rings is 1. The molecule has 122 valence electrons. The highest BCUT2D eigenvalue weighted by Gasteiger charge is 2.43. The largest absolute Gasteiger partial charge is 0.454 e. The van der Waals surface area contributed by atoms with Gasteiger partial charge in [0.25, 0.3) is 5.91 Å². The second-order valence-corrected chi connectivity index (χ2v) is 6.54. The molecule has 6 nitrogen and oxygen atoms in total. The Labute approximate surface area is 134 Å². The molecule has 2 saturated heterocycles. The number of rotatable bonds is 2. The smallest absolute Gasteiger partial charge is 0.251 e. The van der Waals surface area contributed by atoms with Crippen LogP contribution in [0.1, 0.15) is 26.2 Å². The van der Waals surface area contributed by atoms with Crippen LogP contribution in [0.2, 0.25) is 0 Å². The third-order valence-electron chi connectivity index (χ3n) is 5.00. The van der Waals surface area contributed by atoms with E-state index in [1.54, 1.807) is 18.2 Å². The number of likely N-dealkylation sites (tertiary alicyclic amines) is 1. The van der Waals surface area contributed by atoms with Gasteiger partial charge in [-0.05, 0) is 44.0 Å². The Bertz CT molecular complexity index is 652. The lowest BCUT2D eigenvalue weighted by Crippen LogP contribution is -2.45. The zero-order chi connectivity index (χ0) is 16.0. The van der Waals surface area contributed by atoms with E-state index in [2.05, 4.69) is 11.8 Å². The highest BCUT2D eigenvalue weighted by Crippen LogP contribution is 2.37. The van der Waals surface area contributed by atoms with Gasteiger partial charge in [0.2, 0.25) is 12.7 Å². The van der Waals surface area contributed by atoms with Crippen LogP contribution in [-0.4, -0.2) is 42.6 Å². The second kappa shape index (κ2) is 5.53. The van der Waals surface area contributed by atoms with Crippen molar-refractivity contribution in [2.45, 2.75) is 32.2 Å². The minimum atomic E-state index is -0.319. The van der Waals surface area contributed by atoms with Gasteiger partial charge in [0.15, 0.2) is 11.5 Å². The molecule has 3 aliphatic heterocycles. The van der Waals surface area contributed by atoms with Crippen LogP contribution in [0.25, 0.3) is 0 Å². The van der Waals surface area contributed by atoms with Crippen molar-refractivity contribution < 1.29 is 19.1 Å². The first-order valence-electron chi connectivity index (χ1n) is 8.14. The number of imide groups is 1. The summed E-state index contributed by atoms with van der Waals surface area (Å²) in [5.74, 6) is 1.66. The van der Waals surface area contributed by atoms with E-state index in [0.29, 0.717) is 23.1 Å². The normalized spacial score (nSPS) is 25.4. The molecule has 0 saturated carbocycles. The fraction of sp³-hybridized carbons (Fsp3) is 0.529. The number of hydrogen-bond acceptors (Lipinski definition) is 5. The predicted molar refractivity (Wildman–Crippen MR) is 83.4 cm³/mol. The van der Waals surface area contributed by atoms with Crippen molar-refractivity contribution in [3.63, 3.8) is 0 Å². The van der Waals surface area contributed by atoms with Crippen LogP contribution in [0.4, 0.5) is 5.69 Å². The first kappa shape index (κ1) is 14.5. The molecular weight excluding hydrogens is 296 g/mol. The Morgan fingerprint density at radius 1 is 1.09 bits per heavy atom. The molecule has 1 aromatic rings. The Morgan fingerprint density at radius 3 is 2.61 bits per heavy atom. The zero-order valence-corrected chi connectivity index (χ0v) is 13.2. The molecule has 0 bridgehead atoms. The Kier molecular flexibility index (Phi) is 3.49. The first-order valence-corrected chi connectivity index (χ1v) is 8.14. The summed E-state index contributed by atoms with van der Waals surface area (Å²) in [6.07, 6.45) is 2.44. The second-order valence-electron chi connectivity index (χ2n) is 6.54. The summed E-state index contributed by atoms with van der Waals surface area (Å²) in [7, 11) is 0. The Morgan fingerprint density at radius 2 is 1.83 bits per heavy atom. The van der Waals surface area contributed by atoms with Crippen molar-refractivity contribution in [2.24, 2.45) is 5.92 Å². The molecule has 2 amide bonds. The zero-order valence-electron chi connectivity index (χ0n) is 13.2. The molecule has 2 fully saturated rings. The standard InChI is InChI=1S/C17H20N2O4/c1-11-4-6-18(7-5-11)13-9-16(20)19(17(13)21)12-2-3-14-15(8-12)23-10-22-14/h2-3,8,11,13H,4-7,9-10H2,1H3. The SMILES string of the molecule is CC1CCN(C2CC(=O)N(c3ccc4c(c3)OCO4)C2=O)CC1. The van der Waals surface area contributed by atoms with Gasteiger partial charge < -0.3 is 9.47 Å². The van der Waals surface area contributed by atoms with Crippen LogP contribution in [0.3, 0.4) is 0 Å². The molecule has 23 heavy (non-hydrogen) atoms. The van der Waals surface area contributed by atoms with Gasteiger partial charge in [0, 0.05) is 6.07 Å². The van der Waals surface area contributed by atoms with Crippen molar-refractivity contribution in [3.05, 3.63) is 18.2 Å². The number of benzene rings is 1. The minimum Gasteiger partial charge on any atom is -0.454 e. The number of carbonyl (C=O) groups excluding carboxylic acids is 2. The number of carbonyl (C=O) groups is 2. The number of hydrogen-bond donors (Lipinski definition) is 0. The van der Waals surface area contributed by atoms with Crippen molar-refractivity contribution >= 4 is 17.5 Å². The summed E-state index contributed by atoms with van der Waals surface area (Å²) in [6.45, 7) is 4.19. The summed E-state index contributed by atoms with van der Waals surface area (Å²) in [5.41, 5.74) is 0.567. The van der Waals surface area contributed by atoms with Crippen molar-refractivity contribution in [3.8, 4) is 11.5 Å². The molecule has 1 aromatic carbocycles. The quantitative estimate of drug-likeness (QED) is 0.779. The van der Waals surface area contributed by atoms with Gasteiger partial charge in [-0.1, -0.05) is 6.92 Å². The first-order chi connectivity index (χ1) is 11.1. The van der Waals surface area contributed by atoms with Gasteiger partial charge in [-0.15, -0.1) is 0 Å². The molecule has 1 atom stereocenters. The topological polar surface area (TPSA) is 59.1 Å². The molecule has 0 aromatic heterocycles. The van der Waals surface area contributed by atoms with Crippen LogP contribution in [0.15, 0.2) is 18.2 Å². The maximum atomic E-state index is 12.8. The molecule has 3 aliphatic rings. The van der Waals surface area contributed by atoms with E-state index in [4.69, 9.17) is 9.47 Å². The number of nitrogens with zero attached hydrogens (tertiary/aromatic N) is 2. The number of anilines is 1. The Balaban J connectivity index is 1.56. The van der Waals surface area contributed by atoms with E-state index in [9.17, 15) is 9.59 Å². The van der Waals surface area contributed by atoms with Crippen LogP contribution >= 0.6 is 0 Å². The van der Waals surface area contributed by atoms with E-state index < -0.39 is 0 Å². The monoisotopic (exact) mass is 316 g/mol. The predicted octanol–water partition coefficient (Wildman–Crippen LogP) is 1.78. The fourth-order valence-corrected chi connectivity index (χ4v) is 3.54. The van der Waals surface area contributed by atoms with E-state index in [1.165, 1.54) is 4.90 Å². The van der Waals surface area contributed by atoms with Gasteiger partial charge >= 0.3 is 0 Å². The molecule has 0 N–H and O–H groups in total. The summed E-state index contributed by atoms with van der Waals surface area (Å²) in [6, 6.07) is 4.87. The van der Waals surface area contributed by atoms with Crippen LogP contribution in [0.5, 0.6) is 11.5 Å². The van der Waals surface area contributed by atoms with Gasteiger partial charge in [-0.25, -0.2) is 4.90 Å². The average molecular weight is 316 g/mol. The minimum absolute atomic E-state index is 0.122. The molecule has 3 heterocycles. The maximum absolute atomic E-state index is 12.8. The van der Waals surface area contributed by atoms with Crippen molar-refractivity contribution in [1.82, 2.24) is 4.90 Å². The fourth-order valence-electron chi connectivity index (χ4n) is 3.54. The summed E-state index contributed by atoms with van der Waals surface area (Å²) < 4.78 is 10.6. The third-order valence-corrected chi connectivity index (χ3v) is 5.00. The highest BCUT2D eigenvalue weighted by atomic mass is 16.7. The van der Waals surface area contributed by atoms with Gasteiger partial charge in [-0.3, -0.25) is 14.5 Å². The van der Waals surface area contributed by atoms with E-state index in [-0.39, 0.29) is 31.1 Å². The number of fused-ring (bicyclic) bond motifs is 1. The lowest BCUT2D eigenvalue weighted by molar-refractivity contribution is -0.123. The molecule has 4 rings (SSSR count). The van der Waals surface area contributed by atoms with Crippen LogP contribution in [0, 0.1) is 5.92 Å². The van der Waals surface area contributed by atoms with Crippen LogP contribution in [-0.2, 0) is 9.59 Å². The third kappa shape index (κ3) is 2.47. The van der Waals surface area contributed by atoms with Gasteiger partial charge in [0.1, 0.15) is 0 Å². The van der Waals surface area contributed by atoms with Crippen LogP contribution < -0.4 is 14.4 Å². The van der Waals surface area contributed by atoms with E-state index in [1.807, 2.05) is 0 Å². The highest BCUT2D eigenvalue weighted by molar-refractivity contribution is 6.22. The summed E-state index contributed by atoms with van der Waals surface area (Å²) >= 11 is 0. The molecule has 1 unspecified atom stereocenters. The van der Waals surface area contributed by atoms with Crippen molar-refractivity contribution in [2.75, 3.05) is 24.8 Å². The maximum Gasteiger partial charge on any atom is 0.251 e. The van der Waals surface area contributed by atoms with E-state index >= 15 is 0 Å². The summed E-state index contributed by atoms with van der Waals surface area (Å²) in [5, 5.41) is 0.